The first kappa shape index (κ1) is 15.8. The van der Waals surface area contributed by atoms with Gasteiger partial charge in [-0.3, -0.25) is 0 Å². The van der Waals surface area contributed by atoms with Gasteiger partial charge in [0, 0.05) is 19.1 Å². The van der Waals surface area contributed by atoms with E-state index in [0.29, 0.717) is 30.5 Å². The van der Waals surface area contributed by atoms with Crippen LogP contribution in [-0.2, 0) is 0 Å². The van der Waals surface area contributed by atoms with Gasteiger partial charge in [-0.2, -0.15) is 15.0 Å². The molecule has 3 N–H and O–H groups in total. The van der Waals surface area contributed by atoms with Crippen LogP contribution >= 0.6 is 0 Å². The summed E-state index contributed by atoms with van der Waals surface area (Å²) in [5.74, 6) is 1.30. The van der Waals surface area contributed by atoms with Gasteiger partial charge in [-0.05, 0) is 39.2 Å². The monoisotopic (exact) mass is 294 g/mol. The van der Waals surface area contributed by atoms with E-state index in [9.17, 15) is 0 Å². The molecule has 1 aliphatic heterocycles. The van der Waals surface area contributed by atoms with Gasteiger partial charge in [-0.25, -0.2) is 0 Å². The predicted octanol–water partition coefficient (Wildman–Crippen LogP) is 1.38. The molecule has 1 aromatic rings. The molecular formula is C14H26N6O. The minimum Gasteiger partial charge on any atom is -0.463 e. The van der Waals surface area contributed by atoms with Gasteiger partial charge >= 0.3 is 6.01 Å². The van der Waals surface area contributed by atoms with Gasteiger partial charge in [0.25, 0.3) is 0 Å². The number of hydrogen-bond donors (Lipinski definition) is 2. The van der Waals surface area contributed by atoms with E-state index < -0.39 is 0 Å². The molecule has 0 bridgehead atoms. The van der Waals surface area contributed by atoms with E-state index >= 15 is 0 Å². The van der Waals surface area contributed by atoms with Crippen LogP contribution < -0.4 is 15.8 Å². The maximum Gasteiger partial charge on any atom is 0.323 e. The number of nitrogens with two attached hydrogens (primary N) is 1. The van der Waals surface area contributed by atoms with E-state index in [1.54, 1.807) is 0 Å². The molecule has 1 aliphatic rings. The van der Waals surface area contributed by atoms with Crippen LogP contribution in [-0.4, -0.2) is 52.1 Å². The smallest absolute Gasteiger partial charge is 0.323 e. The third kappa shape index (κ3) is 4.70. The number of anilines is 2. The molecule has 1 aromatic heterocycles. The predicted molar refractivity (Wildman–Crippen MR) is 83.3 cm³/mol. The Morgan fingerprint density at radius 2 is 2.19 bits per heavy atom. The molecule has 21 heavy (non-hydrogen) atoms. The van der Waals surface area contributed by atoms with Crippen LogP contribution in [0.3, 0.4) is 0 Å². The van der Waals surface area contributed by atoms with Crippen molar-refractivity contribution in [3.05, 3.63) is 0 Å². The summed E-state index contributed by atoms with van der Waals surface area (Å²) < 4.78 is 5.41. The number of aromatic nitrogens is 3. The van der Waals surface area contributed by atoms with Crippen LogP contribution in [0.1, 0.15) is 33.6 Å². The average Bonchev–Trinajstić information content (AvgIpc) is 2.91. The highest BCUT2D eigenvalue weighted by Gasteiger charge is 2.24. The fraction of sp³-hybridized carbons (Fsp3) is 0.786. The zero-order chi connectivity index (χ0) is 15.2. The standard InChI is InChI=1S/C14H26N6O/c1-4-7-21-14-18-12(15)17-13(19-14)16-8-11-5-6-20(9-11)10(2)3/h10-11H,4-9H2,1-3H3,(H3,15,16,17,18,19). The number of likely N-dealkylation sites (tertiary alicyclic amines) is 1. The largest absolute Gasteiger partial charge is 0.463 e. The van der Waals surface area contributed by atoms with Gasteiger partial charge in [0.2, 0.25) is 11.9 Å². The summed E-state index contributed by atoms with van der Waals surface area (Å²) in [6.45, 7) is 10.2. The fourth-order valence-electron chi connectivity index (χ4n) is 2.44. The molecule has 0 saturated carbocycles. The maximum atomic E-state index is 5.69. The normalized spacial score (nSPS) is 19.1. The molecule has 2 rings (SSSR count). The number of nitrogens with zero attached hydrogens (tertiary/aromatic N) is 4. The van der Waals surface area contributed by atoms with E-state index in [1.807, 2.05) is 6.92 Å². The second-order valence-corrected chi connectivity index (χ2v) is 5.77. The topological polar surface area (TPSA) is 89.2 Å². The number of nitrogen functional groups attached to an aromatic ring is 1. The summed E-state index contributed by atoms with van der Waals surface area (Å²) in [4.78, 5) is 14.8. The molecule has 0 aromatic carbocycles. The number of ether oxygens (including phenoxy) is 1. The number of rotatable bonds is 7. The molecule has 118 valence electrons. The summed E-state index contributed by atoms with van der Waals surface area (Å²) >= 11 is 0. The van der Waals surface area contributed by atoms with E-state index in [-0.39, 0.29) is 5.95 Å². The Morgan fingerprint density at radius 3 is 2.86 bits per heavy atom. The van der Waals surface area contributed by atoms with Crippen LogP contribution in [0, 0.1) is 5.92 Å². The molecule has 0 aliphatic carbocycles. The lowest BCUT2D eigenvalue weighted by Gasteiger charge is -2.20. The first-order valence-corrected chi connectivity index (χ1v) is 7.70. The summed E-state index contributed by atoms with van der Waals surface area (Å²) in [7, 11) is 0. The Bertz CT molecular complexity index is 453. The third-order valence-electron chi connectivity index (χ3n) is 3.66. The van der Waals surface area contributed by atoms with E-state index in [4.69, 9.17) is 10.5 Å². The van der Waals surface area contributed by atoms with Crippen LogP contribution in [0.15, 0.2) is 0 Å². The molecule has 7 heteroatoms. The van der Waals surface area contributed by atoms with Crippen molar-refractivity contribution in [2.24, 2.45) is 5.92 Å². The molecule has 0 spiro atoms. The Hall–Kier alpha value is -1.63. The zero-order valence-corrected chi connectivity index (χ0v) is 13.2. The van der Waals surface area contributed by atoms with Crippen molar-refractivity contribution >= 4 is 11.9 Å². The van der Waals surface area contributed by atoms with Gasteiger partial charge in [-0.15, -0.1) is 0 Å². The lowest BCUT2D eigenvalue weighted by atomic mass is 10.1. The molecule has 0 amide bonds. The molecule has 1 saturated heterocycles. The Labute approximate surface area is 126 Å². The minimum absolute atomic E-state index is 0.189. The highest BCUT2D eigenvalue weighted by molar-refractivity contribution is 5.32. The molecule has 1 atom stereocenters. The SMILES string of the molecule is CCCOc1nc(N)nc(NCC2CCN(C(C)C)C2)n1. The summed E-state index contributed by atoms with van der Waals surface area (Å²) in [6.07, 6.45) is 2.10. The van der Waals surface area contributed by atoms with Gasteiger partial charge < -0.3 is 20.7 Å². The van der Waals surface area contributed by atoms with Crippen molar-refractivity contribution in [2.75, 3.05) is 37.3 Å². The number of nitrogens with one attached hydrogen (secondary N) is 1. The van der Waals surface area contributed by atoms with Crippen LogP contribution in [0.25, 0.3) is 0 Å². The molecule has 0 radical (unpaired) electrons. The van der Waals surface area contributed by atoms with Crippen molar-refractivity contribution in [1.29, 1.82) is 0 Å². The minimum atomic E-state index is 0.189. The fourth-order valence-corrected chi connectivity index (χ4v) is 2.44. The van der Waals surface area contributed by atoms with Gasteiger partial charge in [-0.1, -0.05) is 6.92 Å². The average molecular weight is 294 g/mol. The van der Waals surface area contributed by atoms with Crippen LogP contribution in [0.2, 0.25) is 0 Å². The Morgan fingerprint density at radius 1 is 1.38 bits per heavy atom. The van der Waals surface area contributed by atoms with Crippen molar-refractivity contribution < 1.29 is 4.74 Å². The molecule has 2 heterocycles. The Kier molecular flexibility index (Phi) is 5.55. The van der Waals surface area contributed by atoms with E-state index in [0.717, 1.165) is 26.1 Å². The summed E-state index contributed by atoms with van der Waals surface area (Å²) in [5.41, 5.74) is 5.69. The second-order valence-electron chi connectivity index (χ2n) is 5.77. The van der Waals surface area contributed by atoms with Gasteiger partial charge in [0.05, 0.1) is 6.61 Å². The van der Waals surface area contributed by atoms with Crippen LogP contribution in [0.5, 0.6) is 6.01 Å². The van der Waals surface area contributed by atoms with E-state index in [1.165, 1.54) is 6.42 Å². The van der Waals surface area contributed by atoms with Crippen molar-refractivity contribution in [3.63, 3.8) is 0 Å². The molecular weight excluding hydrogens is 268 g/mol. The number of hydrogen-bond acceptors (Lipinski definition) is 7. The Balaban J connectivity index is 1.87. The first-order chi connectivity index (χ1) is 10.1. The second kappa shape index (κ2) is 7.40. The highest BCUT2D eigenvalue weighted by Crippen LogP contribution is 2.19. The maximum absolute atomic E-state index is 5.69. The lowest BCUT2D eigenvalue weighted by molar-refractivity contribution is 0.266. The quantitative estimate of drug-likeness (QED) is 0.785. The molecule has 7 nitrogen and oxygen atoms in total. The van der Waals surface area contributed by atoms with E-state index in [2.05, 4.69) is 39.0 Å². The van der Waals surface area contributed by atoms with Crippen molar-refractivity contribution in [3.8, 4) is 6.01 Å². The van der Waals surface area contributed by atoms with Crippen molar-refractivity contribution in [1.82, 2.24) is 19.9 Å². The summed E-state index contributed by atoms with van der Waals surface area (Å²) in [6, 6.07) is 0.902. The van der Waals surface area contributed by atoms with Crippen molar-refractivity contribution in [2.45, 2.75) is 39.7 Å². The van der Waals surface area contributed by atoms with Crippen LogP contribution in [0.4, 0.5) is 11.9 Å². The molecule has 1 unspecified atom stereocenters. The zero-order valence-electron chi connectivity index (χ0n) is 13.2. The van der Waals surface area contributed by atoms with Gasteiger partial charge in [0.1, 0.15) is 0 Å². The summed E-state index contributed by atoms with van der Waals surface area (Å²) in [5, 5.41) is 3.25. The molecule has 1 fully saturated rings. The van der Waals surface area contributed by atoms with Gasteiger partial charge in [0.15, 0.2) is 0 Å². The highest BCUT2D eigenvalue weighted by atomic mass is 16.5. The first-order valence-electron chi connectivity index (χ1n) is 7.70. The lowest BCUT2D eigenvalue weighted by Crippen LogP contribution is -2.29. The third-order valence-corrected chi connectivity index (χ3v) is 3.66.